The van der Waals surface area contributed by atoms with Crippen molar-refractivity contribution in [2.24, 2.45) is 0 Å². The van der Waals surface area contributed by atoms with Crippen LogP contribution in [0, 0.1) is 10.1 Å². The number of anilines is 1. The van der Waals surface area contributed by atoms with E-state index < -0.39 is 23.4 Å². The molecule has 0 spiro atoms. The van der Waals surface area contributed by atoms with Crippen LogP contribution < -0.4 is 10.9 Å². The summed E-state index contributed by atoms with van der Waals surface area (Å²) in [6.07, 6.45) is 1.61. The van der Waals surface area contributed by atoms with Crippen molar-refractivity contribution in [3.05, 3.63) is 62.6 Å². The number of ether oxygens (including phenoxy) is 1. The summed E-state index contributed by atoms with van der Waals surface area (Å²) < 4.78 is 6.06. The number of nitro benzene ring substituents is 1. The van der Waals surface area contributed by atoms with E-state index in [0.29, 0.717) is 12.2 Å². The number of hydrogen-bond donors (Lipinski definition) is 1. The van der Waals surface area contributed by atoms with E-state index >= 15 is 0 Å². The van der Waals surface area contributed by atoms with E-state index in [0.717, 1.165) is 12.8 Å². The number of carbonyl (C=O) groups excluding carboxylic acids is 2. The minimum atomic E-state index is -0.834. The molecule has 0 radical (unpaired) electrons. The number of aromatic nitrogens is 2. The summed E-state index contributed by atoms with van der Waals surface area (Å²) in [5.41, 5.74) is -0.179. The highest BCUT2D eigenvalue weighted by Gasteiger charge is 2.14. The molecular formula is C17H18N4O6. The van der Waals surface area contributed by atoms with Crippen LogP contribution in [0.2, 0.25) is 0 Å². The van der Waals surface area contributed by atoms with Gasteiger partial charge in [-0.2, -0.15) is 5.10 Å². The summed E-state index contributed by atoms with van der Waals surface area (Å²) in [5.74, 6) is -1.45. The van der Waals surface area contributed by atoms with Gasteiger partial charge in [-0.25, -0.2) is 9.48 Å². The number of amides is 1. The molecule has 0 saturated heterocycles. The summed E-state index contributed by atoms with van der Waals surface area (Å²) in [6.45, 7) is 1.79. The van der Waals surface area contributed by atoms with E-state index in [9.17, 15) is 24.5 Å². The molecule has 0 unspecified atom stereocenters. The highest BCUT2D eigenvalue weighted by Crippen LogP contribution is 2.15. The van der Waals surface area contributed by atoms with Gasteiger partial charge in [-0.15, -0.1) is 0 Å². The van der Waals surface area contributed by atoms with Crippen LogP contribution in [0.5, 0.6) is 0 Å². The molecule has 0 aliphatic heterocycles. The lowest BCUT2D eigenvalue weighted by Gasteiger charge is -2.08. The van der Waals surface area contributed by atoms with Crippen LogP contribution in [0.4, 0.5) is 11.4 Å². The molecule has 1 heterocycles. The molecular weight excluding hydrogens is 356 g/mol. The number of esters is 1. The van der Waals surface area contributed by atoms with Gasteiger partial charge in [-0.1, -0.05) is 13.3 Å². The van der Waals surface area contributed by atoms with Crippen LogP contribution >= 0.6 is 0 Å². The lowest BCUT2D eigenvalue weighted by molar-refractivity contribution is -0.384. The molecule has 10 heteroatoms. The van der Waals surface area contributed by atoms with E-state index in [1.165, 1.54) is 41.1 Å². The number of benzene rings is 1. The Balaban J connectivity index is 1.91. The second-order valence-corrected chi connectivity index (χ2v) is 5.56. The molecule has 0 fully saturated rings. The number of aryl methyl sites for hydroxylation is 1. The monoisotopic (exact) mass is 374 g/mol. The van der Waals surface area contributed by atoms with Crippen molar-refractivity contribution in [2.45, 2.75) is 26.3 Å². The number of rotatable bonds is 8. The topological polar surface area (TPSA) is 133 Å². The van der Waals surface area contributed by atoms with Crippen molar-refractivity contribution in [3.63, 3.8) is 0 Å². The van der Waals surface area contributed by atoms with Gasteiger partial charge in [0.2, 0.25) is 0 Å². The highest BCUT2D eigenvalue weighted by atomic mass is 16.6. The van der Waals surface area contributed by atoms with Crippen molar-refractivity contribution in [3.8, 4) is 0 Å². The summed E-state index contributed by atoms with van der Waals surface area (Å²) in [5, 5.41) is 17.0. The standard InChI is InChI=1S/C17H18N4O6/c1-2-3-10-20-16(23)9-8-14(19-20)17(24)27-11-15(22)18-12-4-6-13(7-5-12)21(25)26/h4-9H,2-3,10-11H2,1H3,(H,18,22). The van der Waals surface area contributed by atoms with Crippen LogP contribution in [0.3, 0.4) is 0 Å². The fourth-order valence-electron chi connectivity index (χ4n) is 2.09. The van der Waals surface area contributed by atoms with E-state index in [1.54, 1.807) is 0 Å². The van der Waals surface area contributed by atoms with E-state index in [1.807, 2.05) is 6.92 Å². The first kappa shape index (κ1) is 19.8. The maximum absolute atomic E-state index is 12.0. The maximum Gasteiger partial charge on any atom is 0.359 e. The smallest absolute Gasteiger partial charge is 0.359 e. The number of unbranched alkanes of at least 4 members (excludes halogenated alkanes) is 1. The summed E-state index contributed by atoms with van der Waals surface area (Å²) in [7, 11) is 0. The van der Waals surface area contributed by atoms with Crippen LogP contribution in [-0.2, 0) is 16.1 Å². The fraction of sp³-hybridized carbons (Fsp3) is 0.294. The molecule has 0 bridgehead atoms. The molecule has 1 aromatic carbocycles. The quantitative estimate of drug-likeness (QED) is 0.422. The predicted octanol–water partition coefficient (Wildman–Crippen LogP) is 1.75. The number of nitrogens with zero attached hydrogens (tertiary/aromatic N) is 3. The highest BCUT2D eigenvalue weighted by molar-refractivity contribution is 5.94. The zero-order valence-corrected chi connectivity index (χ0v) is 14.6. The average molecular weight is 374 g/mol. The van der Waals surface area contributed by atoms with Gasteiger partial charge < -0.3 is 10.1 Å². The van der Waals surface area contributed by atoms with Crippen molar-refractivity contribution in [1.82, 2.24) is 9.78 Å². The number of carbonyl (C=O) groups is 2. The van der Waals surface area contributed by atoms with Gasteiger partial charge in [0.1, 0.15) is 0 Å². The normalized spacial score (nSPS) is 10.3. The van der Waals surface area contributed by atoms with Gasteiger partial charge in [-0.05, 0) is 24.6 Å². The molecule has 1 aromatic heterocycles. The molecule has 142 valence electrons. The molecule has 2 rings (SSSR count). The SMILES string of the molecule is CCCCn1nc(C(=O)OCC(=O)Nc2ccc([N+](=O)[O-])cc2)ccc1=O. The van der Waals surface area contributed by atoms with Crippen LogP contribution in [0.15, 0.2) is 41.2 Å². The van der Waals surface area contributed by atoms with E-state index in [-0.39, 0.29) is 16.9 Å². The Kier molecular flexibility index (Phi) is 6.75. The Morgan fingerprint density at radius 2 is 1.93 bits per heavy atom. The number of nitro groups is 1. The third-order valence-corrected chi connectivity index (χ3v) is 3.50. The lowest BCUT2D eigenvalue weighted by Crippen LogP contribution is -2.26. The Labute approximate surface area is 153 Å². The second-order valence-electron chi connectivity index (χ2n) is 5.56. The van der Waals surface area contributed by atoms with Gasteiger partial charge >= 0.3 is 5.97 Å². The molecule has 0 saturated carbocycles. The van der Waals surface area contributed by atoms with Crippen LogP contribution in [0.25, 0.3) is 0 Å². The number of hydrogen-bond acceptors (Lipinski definition) is 7. The van der Waals surface area contributed by atoms with Crippen LogP contribution in [-0.4, -0.2) is 33.2 Å². The Morgan fingerprint density at radius 1 is 1.22 bits per heavy atom. The zero-order valence-electron chi connectivity index (χ0n) is 14.6. The molecule has 0 atom stereocenters. The van der Waals surface area contributed by atoms with Gasteiger partial charge in [0.25, 0.3) is 17.2 Å². The Morgan fingerprint density at radius 3 is 2.56 bits per heavy atom. The third-order valence-electron chi connectivity index (χ3n) is 3.50. The summed E-state index contributed by atoms with van der Waals surface area (Å²) >= 11 is 0. The fourth-order valence-corrected chi connectivity index (χ4v) is 2.09. The maximum atomic E-state index is 12.0. The van der Waals surface area contributed by atoms with Gasteiger partial charge in [0.05, 0.1) is 4.92 Å². The second kappa shape index (κ2) is 9.22. The summed E-state index contributed by atoms with van der Waals surface area (Å²) in [4.78, 5) is 45.5. The van der Waals surface area contributed by atoms with Crippen LogP contribution in [0.1, 0.15) is 30.3 Å². The van der Waals surface area contributed by atoms with E-state index in [4.69, 9.17) is 4.74 Å². The molecule has 2 aromatic rings. The minimum absolute atomic E-state index is 0.0751. The zero-order chi connectivity index (χ0) is 19.8. The molecule has 0 aliphatic carbocycles. The van der Waals surface area contributed by atoms with Gasteiger partial charge in [-0.3, -0.25) is 19.7 Å². The third kappa shape index (κ3) is 5.73. The molecule has 27 heavy (non-hydrogen) atoms. The number of nitrogens with one attached hydrogen (secondary N) is 1. The van der Waals surface area contributed by atoms with Gasteiger partial charge in [0, 0.05) is 30.4 Å². The molecule has 1 N–H and O–H groups in total. The lowest BCUT2D eigenvalue weighted by atomic mass is 10.3. The van der Waals surface area contributed by atoms with Gasteiger partial charge in [0.15, 0.2) is 12.3 Å². The summed E-state index contributed by atoms with van der Waals surface area (Å²) in [6, 6.07) is 7.67. The first-order valence-corrected chi connectivity index (χ1v) is 8.20. The number of non-ortho nitro benzene ring substituents is 1. The van der Waals surface area contributed by atoms with Crippen molar-refractivity contribution in [2.75, 3.05) is 11.9 Å². The van der Waals surface area contributed by atoms with Crippen molar-refractivity contribution >= 4 is 23.3 Å². The molecule has 0 aliphatic rings. The van der Waals surface area contributed by atoms with Crippen molar-refractivity contribution < 1.29 is 19.2 Å². The minimum Gasteiger partial charge on any atom is -0.451 e. The average Bonchev–Trinajstić information content (AvgIpc) is 2.66. The first-order valence-electron chi connectivity index (χ1n) is 8.20. The van der Waals surface area contributed by atoms with E-state index in [2.05, 4.69) is 10.4 Å². The Bertz CT molecular complexity index is 891. The molecule has 1 amide bonds. The predicted molar refractivity (Wildman–Crippen MR) is 95.4 cm³/mol. The largest absolute Gasteiger partial charge is 0.451 e. The Hall–Kier alpha value is -3.56. The first-order chi connectivity index (χ1) is 12.9. The van der Waals surface area contributed by atoms with Crippen molar-refractivity contribution in [1.29, 1.82) is 0 Å². The molecule has 10 nitrogen and oxygen atoms in total.